The molecular weight excluding hydrogens is 752 g/mol. The van der Waals surface area contributed by atoms with Gasteiger partial charge in [0.15, 0.2) is 0 Å². The van der Waals surface area contributed by atoms with E-state index in [4.69, 9.17) is 27.9 Å². The summed E-state index contributed by atoms with van der Waals surface area (Å²) in [5.74, 6) is 6.57. The van der Waals surface area contributed by atoms with Crippen molar-refractivity contribution in [2.75, 3.05) is 0 Å². The van der Waals surface area contributed by atoms with Crippen LogP contribution in [0.2, 0.25) is 13.1 Å². The van der Waals surface area contributed by atoms with Crippen molar-refractivity contribution in [3.63, 3.8) is 0 Å². The standard InChI is InChI=1S/C13H16.C8H11Si.6CO.3Ru/c1-9-7-10(2)12-5-4-6-13(12)11(3)8-9;1-9(2)8-6-4-3-5-7-8;6*1-2;;;/h4-7,11H,8H2,1-3H3;3-7H,1-2H3;;;;;;;;;/q;;;;;;;;;2*+1. The van der Waals surface area contributed by atoms with E-state index in [0.717, 1.165) is 0 Å². The van der Waals surface area contributed by atoms with Crippen molar-refractivity contribution in [3.8, 4) is 0 Å². The van der Waals surface area contributed by atoms with Crippen LogP contribution in [0.25, 0.3) is 0 Å². The van der Waals surface area contributed by atoms with Crippen LogP contribution in [0.3, 0.4) is 0 Å². The van der Waals surface area contributed by atoms with Crippen LogP contribution >= 0.6 is 0 Å². The smallest absolute Gasteiger partial charge is 0 e. The molecule has 2 aliphatic rings. The molecule has 0 amide bonds. The van der Waals surface area contributed by atoms with Gasteiger partial charge in [0.2, 0.25) is 0 Å². The van der Waals surface area contributed by atoms with Crippen LogP contribution in [0, 0.1) is 95.2 Å². The molecule has 1 atom stereocenters. The van der Waals surface area contributed by atoms with Crippen LogP contribution in [-0.2, 0) is 86.3 Å². The summed E-state index contributed by atoms with van der Waals surface area (Å²) in [5.41, 5.74) is 0. The van der Waals surface area contributed by atoms with Crippen molar-refractivity contribution < 1.29 is 86.3 Å². The molecule has 11 radical (unpaired) electrons. The third-order valence-corrected chi connectivity index (χ3v) is 5.74. The fraction of sp³-hybridized carbons (Fsp3) is 0.259. The Morgan fingerprint density at radius 3 is 1.49 bits per heavy atom. The normalized spacial score (nSPS) is 15.0. The topological polar surface area (TPSA) is 119 Å². The van der Waals surface area contributed by atoms with Gasteiger partial charge >= 0.3 is 107 Å². The van der Waals surface area contributed by atoms with Gasteiger partial charge in [0.1, 0.15) is 0 Å². The largest absolute Gasteiger partial charge is 1.00 e. The number of benzene rings is 1. The molecule has 1 unspecified atom stereocenters. The average Bonchev–Trinajstić information content (AvgIpc) is 3.39. The van der Waals surface area contributed by atoms with E-state index >= 15 is 0 Å². The molecule has 1 aromatic carbocycles. The second-order valence-corrected chi connectivity index (χ2v) is 9.12. The van der Waals surface area contributed by atoms with Crippen molar-refractivity contribution in [2.24, 2.45) is 5.92 Å². The summed E-state index contributed by atoms with van der Waals surface area (Å²) in [5, 5.41) is 1.52. The van der Waals surface area contributed by atoms with Crippen LogP contribution in [0.15, 0.2) is 30.3 Å². The van der Waals surface area contributed by atoms with Gasteiger partial charge in [-0.05, 0) is 61.7 Å². The maximum atomic E-state index is 7.50. The Morgan fingerprint density at radius 2 is 1.14 bits per heavy atom. The fourth-order valence-electron chi connectivity index (χ4n) is 3.09. The van der Waals surface area contributed by atoms with E-state index in [0.29, 0.717) is 5.92 Å². The van der Waals surface area contributed by atoms with E-state index in [2.05, 4.69) is 130 Å². The Kier molecular flexibility index (Phi) is 70.1. The first-order valence-corrected chi connectivity index (χ1v) is 11.8. The predicted molar refractivity (Wildman–Crippen MR) is 122 cm³/mol. The van der Waals surface area contributed by atoms with Gasteiger partial charge in [-0.2, -0.15) is 0 Å². The van der Waals surface area contributed by atoms with E-state index in [1.807, 2.05) is 0 Å². The molecule has 0 bridgehead atoms. The monoisotopic (exact) mass is 781 g/mol. The molecule has 37 heavy (non-hydrogen) atoms. The maximum absolute atomic E-state index is 7.50. The summed E-state index contributed by atoms with van der Waals surface area (Å²) in [6.07, 6.45) is 10.2. The molecule has 0 heterocycles. The first kappa shape index (κ1) is 56.8. The van der Waals surface area contributed by atoms with Gasteiger partial charge in [0.25, 0.3) is 0 Å². The molecule has 0 spiro atoms. The van der Waals surface area contributed by atoms with Crippen LogP contribution in [-0.4, -0.2) is 8.80 Å². The van der Waals surface area contributed by atoms with E-state index < -0.39 is 0 Å². The maximum Gasteiger partial charge on any atom is 1.00 e. The minimum absolute atomic E-state index is 0. The average molecular weight is 779 g/mol. The van der Waals surface area contributed by atoms with Crippen molar-refractivity contribution in [3.05, 3.63) is 120 Å². The summed E-state index contributed by atoms with van der Waals surface area (Å²) in [7, 11) is -0.212. The van der Waals surface area contributed by atoms with Gasteiger partial charge in [-0.3, -0.25) is 0 Å². The summed E-state index contributed by atoms with van der Waals surface area (Å²) < 4.78 is 45.0. The van der Waals surface area contributed by atoms with Crippen molar-refractivity contribution in [2.45, 2.75) is 40.3 Å². The molecule has 0 N–H and O–H groups in total. The molecule has 1 aromatic rings. The molecule has 0 aliphatic heterocycles. The quantitative estimate of drug-likeness (QED) is 0.225. The SMILES string of the molecule is C[C]1[CH][C](C)[C]2[CH][CH][CH][C]2C(C)C1.C[Si](C)c1ccccc1.[C-]#[O+].[C-]#[O+].[C-]#[O+].[C-]#[O+].[C-]#[O+].[C-]#[O+].[Ru+].[Ru+].[Ru]. The van der Waals surface area contributed by atoms with Crippen LogP contribution < -0.4 is 5.19 Å². The van der Waals surface area contributed by atoms with E-state index in [-0.39, 0.29) is 67.2 Å². The van der Waals surface area contributed by atoms with Gasteiger partial charge in [0.05, 0.1) is 8.80 Å². The Bertz CT molecular complexity index is 626. The summed E-state index contributed by atoms with van der Waals surface area (Å²) in [6.45, 7) is 38.4. The Balaban J connectivity index is -0.0000000520. The van der Waals surface area contributed by atoms with Gasteiger partial charge in [-0.25, -0.2) is 0 Å². The van der Waals surface area contributed by atoms with E-state index in [1.54, 1.807) is 0 Å². The third kappa shape index (κ3) is 28.6. The second-order valence-electron chi connectivity index (χ2n) is 6.54. The van der Waals surface area contributed by atoms with Crippen molar-refractivity contribution in [1.29, 1.82) is 0 Å². The van der Waals surface area contributed by atoms with E-state index in [1.165, 1.54) is 35.3 Å². The number of rotatable bonds is 1. The Hall–Kier alpha value is -0.253. The molecule has 197 valence electrons. The molecule has 10 heteroatoms. The van der Waals surface area contributed by atoms with Crippen LogP contribution in [0.4, 0.5) is 0 Å². The minimum atomic E-state index is -0.212. The number of fused-ring (bicyclic) bond motifs is 1. The van der Waals surface area contributed by atoms with Crippen molar-refractivity contribution in [1.82, 2.24) is 0 Å². The summed E-state index contributed by atoms with van der Waals surface area (Å²) in [6, 6.07) is 10.7. The molecule has 6 nitrogen and oxygen atoms in total. The second kappa shape index (κ2) is 45.7. The van der Waals surface area contributed by atoms with Crippen LogP contribution in [0.5, 0.6) is 0 Å². The van der Waals surface area contributed by atoms with Crippen molar-refractivity contribution >= 4 is 14.0 Å². The van der Waals surface area contributed by atoms with Gasteiger partial charge in [0, 0.05) is 19.5 Å². The first-order chi connectivity index (χ1) is 16.5. The number of hydrogen-bond donors (Lipinski definition) is 0. The molecule has 3 rings (SSSR count). The fourth-order valence-corrected chi connectivity index (χ4v) is 3.95. The molecule has 2 fully saturated rings. The first-order valence-electron chi connectivity index (χ1n) is 9.33. The minimum Gasteiger partial charge on any atom is 0 e. The molecule has 0 aromatic heterocycles. The zero-order valence-corrected chi connectivity index (χ0v) is 27.2. The van der Waals surface area contributed by atoms with Gasteiger partial charge < -0.3 is 0 Å². The molecule has 0 saturated heterocycles. The van der Waals surface area contributed by atoms with Gasteiger partial charge in [-0.1, -0.05) is 69.4 Å². The summed E-state index contributed by atoms with van der Waals surface area (Å²) in [4.78, 5) is 0. The Morgan fingerprint density at radius 1 is 0.730 bits per heavy atom. The zero-order valence-electron chi connectivity index (χ0n) is 21.0. The number of hydrogen-bond acceptors (Lipinski definition) is 0. The zero-order chi connectivity index (χ0) is 28.1. The third-order valence-electron chi connectivity index (χ3n) is 4.25. The molecule has 2 aliphatic carbocycles. The molecule has 2 saturated carbocycles. The predicted octanol–water partition coefficient (Wildman–Crippen LogP) is 4.61. The Labute approximate surface area is 264 Å². The molecular formula is C27H27O6Ru3Si+2. The van der Waals surface area contributed by atoms with E-state index in [9.17, 15) is 0 Å². The summed E-state index contributed by atoms with van der Waals surface area (Å²) >= 11 is 0. The van der Waals surface area contributed by atoms with Crippen LogP contribution in [0.1, 0.15) is 27.2 Å². The van der Waals surface area contributed by atoms with Gasteiger partial charge in [-0.15, -0.1) is 0 Å².